The molecule has 0 aliphatic carbocycles. The molecule has 1 N–H and O–H groups in total. The number of alkyl halides is 3. The van der Waals surface area contributed by atoms with Crippen molar-refractivity contribution in [3.63, 3.8) is 0 Å². The number of piperidine rings is 1. The highest BCUT2D eigenvalue weighted by molar-refractivity contribution is 5.97. The predicted octanol–water partition coefficient (Wildman–Crippen LogP) is 4.47. The number of aromatic nitrogens is 3. The third-order valence-electron chi connectivity index (χ3n) is 6.15. The number of amides is 1. The molecule has 1 aromatic carbocycles. The van der Waals surface area contributed by atoms with Crippen LogP contribution in [0.5, 0.6) is 0 Å². The first-order chi connectivity index (χ1) is 17.5. The summed E-state index contributed by atoms with van der Waals surface area (Å²) in [6.07, 6.45) is 0.702. The standard InChI is InChI=1S/C24H31N5O.C2HF3O2/c1-18(2)15-27(3)24(30)22-23-25-12-9-21(29(23)17-26-22)20-10-13-28(14-11-20)16-19-7-5-4-6-8-19;3-2(4,5)1(6)7/h4-9,12,17-18,20H,10-11,13-16H2,1-3H3;(H,6,7). The van der Waals surface area contributed by atoms with Crippen molar-refractivity contribution in [1.29, 1.82) is 0 Å². The van der Waals surface area contributed by atoms with E-state index in [0.29, 0.717) is 29.7 Å². The fraction of sp³-hybridized carbons (Fsp3) is 0.462. The molecule has 0 saturated carbocycles. The zero-order valence-corrected chi connectivity index (χ0v) is 21.1. The van der Waals surface area contributed by atoms with E-state index in [4.69, 9.17) is 9.90 Å². The van der Waals surface area contributed by atoms with Crippen LogP contribution in [-0.4, -0.2) is 74.0 Å². The van der Waals surface area contributed by atoms with Crippen LogP contribution in [0.1, 0.15) is 54.4 Å². The van der Waals surface area contributed by atoms with Gasteiger partial charge in [-0.05, 0) is 43.5 Å². The summed E-state index contributed by atoms with van der Waals surface area (Å²) in [6, 6.07) is 12.7. The first-order valence-electron chi connectivity index (χ1n) is 12.1. The summed E-state index contributed by atoms with van der Waals surface area (Å²) in [4.78, 5) is 35.0. The van der Waals surface area contributed by atoms with Gasteiger partial charge >= 0.3 is 12.1 Å². The number of likely N-dealkylation sites (tertiary alicyclic amines) is 1. The topological polar surface area (TPSA) is 91.0 Å². The van der Waals surface area contributed by atoms with Gasteiger partial charge in [-0.3, -0.25) is 14.1 Å². The van der Waals surface area contributed by atoms with Crippen molar-refractivity contribution in [2.75, 3.05) is 26.7 Å². The molecule has 37 heavy (non-hydrogen) atoms. The van der Waals surface area contributed by atoms with Crippen molar-refractivity contribution in [3.05, 3.63) is 65.9 Å². The summed E-state index contributed by atoms with van der Waals surface area (Å²) >= 11 is 0. The number of carboxylic acid groups (broad SMARTS) is 1. The van der Waals surface area contributed by atoms with Crippen LogP contribution < -0.4 is 0 Å². The largest absolute Gasteiger partial charge is 0.490 e. The summed E-state index contributed by atoms with van der Waals surface area (Å²) in [5, 5.41) is 7.12. The van der Waals surface area contributed by atoms with Gasteiger partial charge in [0.15, 0.2) is 11.3 Å². The van der Waals surface area contributed by atoms with Gasteiger partial charge in [0.25, 0.3) is 5.91 Å². The fourth-order valence-electron chi connectivity index (χ4n) is 4.44. The molecule has 1 fully saturated rings. The monoisotopic (exact) mass is 519 g/mol. The Hall–Kier alpha value is -3.47. The zero-order valence-electron chi connectivity index (χ0n) is 21.1. The Morgan fingerprint density at radius 2 is 1.73 bits per heavy atom. The lowest BCUT2D eigenvalue weighted by Gasteiger charge is -2.32. The van der Waals surface area contributed by atoms with Gasteiger partial charge < -0.3 is 10.0 Å². The smallest absolute Gasteiger partial charge is 0.475 e. The number of carbonyl (C=O) groups excluding carboxylic acids is 1. The Labute approximate surface area is 213 Å². The first kappa shape index (κ1) is 28.1. The number of aliphatic carboxylic acids is 1. The van der Waals surface area contributed by atoms with Crippen molar-refractivity contribution in [1.82, 2.24) is 24.2 Å². The van der Waals surface area contributed by atoms with E-state index in [1.54, 1.807) is 11.2 Å². The van der Waals surface area contributed by atoms with E-state index >= 15 is 0 Å². The van der Waals surface area contributed by atoms with Crippen LogP contribution in [0.4, 0.5) is 13.2 Å². The third-order valence-corrected chi connectivity index (χ3v) is 6.15. The molecule has 1 amide bonds. The molecule has 11 heteroatoms. The van der Waals surface area contributed by atoms with Crippen molar-refractivity contribution in [3.8, 4) is 0 Å². The van der Waals surface area contributed by atoms with E-state index in [2.05, 4.69) is 65.1 Å². The van der Waals surface area contributed by atoms with E-state index in [1.165, 1.54) is 11.3 Å². The maximum Gasteiger partial charge on any atom is 0.490 e. The molecule has 0 atom stereocenters. The highest BCUT2D eigenvalue weighted by Gasteiger charge is 2.38. The normalized spacial score (nSPS) is 14.9. The summed E-state index contributed by atoms with van der Waals surface area (Å²) < 4.78 is 33.8. The SMILES string of the molecule is CC(C)CN(C)C(=O)c1ncn2c(C3CCN(Cc4ccccc4)CC3)ccnc12.O=C(O)C(F)(F)F. The number of halogens is 3. The summed E-state index contributed by atoms with van der Waals surface area (Å²) in [5.41, 5.74) is 3.68. The molecule has 1 aliphatic heterocycles. The van der Waals surface area contributed by atoms with Gasteiger partial charge in [-0.2, -0.15) is 13.2 Å². The number of hydrogen-bond donors (Lipinski definition) is 1. The summed E-state index contributed by atoms with van der Waals surface area (Å²) in [7, 11) is 1.83. The van der Waals surface area contributed by atoms with Crippen molar-refractivity contribution in [2.24, 2.45) is 5.92 Å². The summed E-state index contributed by atoms with van der Waals surface area (Å²) in [6.45, 7) is 8.07. The molecule has 8 nitrogen and oxygen atoms in total. The van der Waals surface area contributed by atoms with Crippen LogP contribution in [-0.2, 0) is 11.3 Å². The molecular formula is C26H32F3N5O3. The molecular weight excluding hydrogens is 487 g/mol. The van der Waals surface area contributed by atoms with E-state index in [1.807, 2.05) is 17.6 Å². The Morgan fingerprint density at radius 3 is 2.30 bits per heavy atom. The van der Waals surface area contributed by atoms with Crippen LogP contribution >= 0.6 is 0 Å². The number of rotatable bonds is 6. The molecule has 4 rings (SSSR count). The van der Waals surface area contributed by atoms with Crippen molar-refractivity contribution in [2.45, 2.75) is 45.3 Å². The van der Waals surface area contributed by atoms with Gasteiger partial charge in [-0.15, -0.1) is 0 Å². The maximum absolute atomic E-state index is 12.9. The van der Waals surface area contributed by atoms with E-state index in [-0.39, 0.29) is 5.91 Å². The molecule has 0 radical (unpaired) electrons. The Balaban J connectivity index is 0.000000479. The van der Waals surface area contributed by atoms with Gasteiger partial charge in [0.2, 0.25) is 0 Å². The molecule has 0 bridgehead atoms. The Bertz CT molecular complexity index is 1190. The maximum atomic E-state index is 12.9. The Morgan fingerprint density at radius 1 is 1.11 bits per heavy atom. The third kappa shape index (κ3) is 7.51. The van der Waals surface area contributed by atoms with Crippen LogP contribution in [0.25, 0.3) is 5.65 Å². The summed E-state index contributed by atoms with van der Waals surface area (Å²) in [5.74, 6) is -1.95. The van der Waals surface area contributed by atoms with Crippen LogP contribution in [0.2, 0.25) is 0 Å². The molecule has 3 heterocycles. The minimum Gasteiger partial charge on any atom is -0.475 e. The van der Waals surface area contributed by atoms with Gasteiger partial charge in [0.1, 0.15) is 6.33 Å². The fourth-order valence-corrected chi connectivity index (χ4v) is 4.44. The molecule has 0 unspecified atom stereocenters. The highest BCUT2D eigenvalue weighted by Crippen LogP contribution is 2.29. The van der Waals surface area contributed by atoms with Crippen molar-refractivity contribution >= 4 is 17.5 Å². The van der Waals surface area contributed by atoms with Crippen LogP contribution in [0.15, 0.2) is 48.9 Å². The van der Waals surface area contributed by atoms with Crippen LogP contribution in [0, 0.1) is 5.92 Å². The second-order valence-electron chi connectivity index (χ2n) is 9.57. The second-order valence-corrected chi connectivity index (χ2v) is 9.57. The lowest BCUT2D eigenvalue weighted by Crippen LogP contribution is -2.33. The van der Waals surface area contributed by atoms with Gasteiger partial charge in [-0.25, -0.2) is 14.8 Å². The lowest BCUT2D eigenvalue weighted by molar-refractivity contribution is -0.192. The highest BCUT2D eigenvalue weighted by atomic mass is 19.4. The lowest BCUT2D eigenvalue weighted by atomic mass is 9.93. The second kappa shape index (κ2) is 12.2. The van der Waals surface area contributed by atoms with Crippen molar-refractivity contribution < 1.29 is 27.9 Å². The minimum atomic E-state index is -5.08. The molecule has 1 saturated heterocycles. The quantitative estimate of drug-likeness (QED) is 0.517. The van der Waals surface area contributed by atoms with Gasteiger partial charge in [-0.1, -0.05) is 44.2 Å². The molecule has 1 aliphatic rings. The number of hydrogen-bond acceptors (Lipinski definition) is 5. The zero-order chi connectivity index (χ0) is 27.2. The average molecular weight is 520 g/mol. The first-order valence-corrected chi connectivity index (χ1v) is 12.1. The molecule has 2 aromatic heterocycles. The number of benzene rings is 1. The van der Waals surface area contributed by atoms with E-state index < -0.39 is 12.1 Å². The minimum absolute atomic E-state index is 0.0615. The number of carboxylic acids is 1. The average Bonchev–Trinajstić information content (AvgIpc) is 3.28. The number of imidazole rings is 1. The van der Waals surface area contributed by atoms with Crippen LogP contribution in [0.3, 0.4) is 0 Å². The predicted molar refractivity (Wildman–Crippen MR) is 132 cm³/mol. The number of carbonyl (C=O) groups is 2. The van der Waals surface area contributed by atoms with Gasteiger partial charge in [0, 0.05) is 37.9 Å². The van der Waals surface area contributed by atoms with E-state index in [0.717, 1.165) is 32.5 Å². The molecule has 0 spiro atoms. The molecule has 200 valence electrons. The Kier molecular flexibility index (Phi) is 9.25. The van der Waals surface area contributed by atoms with Gasteiger partial charge in [0.05, 0.1) is 0 Å². The van der Waals surface area contributed by atoms with E-state index in [9.17, 15) is 18.0 Å². The molecule has 3 aromatic rings. The number of nitrogens with zero attached hydrogens (tertiary/aromatic N) is 5. The number of fused-ring (bicyclic) bond motifs is 1.